The normalized spacial score (nSPS) is 17.9. The van der Waals surface area contributed by atoms with Crippen molar-refractivity contribution in [2.45, 2.75) is 12.3 Å². The lowest BCUT2D eigenvalue weighted by atomic mass is 9.93. The van der Waals surface area contributed by atoms with Crippen molar-refractivity contribution >= 4 is 11.6 Å². The summed E-state index contributed by atoms with van der Waals surface area (Å²) in [5.41, 5.74) is 2.39. The van der Waals surface area contributed by atoms with E-state index in [1.807, 2.05) is 42.5 Å². The molecule has 2 aromatic rings. The second-order valence-corrected chi connectivity index (χ2v) is 4.43. The number of amides is 1. The average Bonchev–Trinajstić information content (AvgIpc) is 2.66. The SMILES string of the molecule is O=C1C(Cc2ccccc2)c2ccccc2N1[O-]. The Morgan fingerprint density at radius 3 is 2.44 bits per heavy atom. The molecule has 0 bridgehead atoms. The van der Waals surface area contributed by atoms with Crippen molar-refractivity contribution in [2.24, 2.45) is 0 Å². The number of fused-ring (bicyclic) bond motifs is 1. The molecule has 3 rings (SSSR count). The Morgan fingerprint density at radius 2 is 1.67 bits per heavy atom. The van der Waals surface area contributed by atoms with Crippen molar-refractivity contribution in [3.05, 3.63) is 70.9 Å². The third-order valence-corrected chi connectivity index (χ3v) is 3.31. The predicted molar refractivity (Wildman–Crippen MR) is 70.2 cm³/mol. The fraction of sp³-hybridized carbons (Fsp3) is 0.133. The first kappa shape index (κ1) is 11.0. The van der Waals surface area contributed by atoms with Crippen LogP contribution in [-0.4, -0.2) is 5.91 Å². The van der Waals surface area contributed by atoms with Crippen LogP contribution in [0, 0.1) is 5.21 Å². The van der Waals surface area contributed by atoms with E-state index in [0.717, 1.165) is 11.1 Å². The van der Waals surface area contributed by atoms with E-state index < -0.39 is 0 Å². The summed E-state index contributed by atoms with van der Waals surface area (Å²) in [5.74, 6) is -0.707. The van der Waals surface area contributed by atoms with E-state index >= 15 is 0 Å². The van der Waals surface area contributed by atoms with Crippen molar-refractivity contribution in [3.63, 3.8) is 0 Å². The highest BCUT2D eigenvalue weighted by atomic mass is 16.5. The van der Waals surface area contributed by atoms with Gasteiger partial charge in [-0.25, -0.2) is 0 Å². The maximum Gasteiger partial charge on any atom is 0.224 e. The second-order valence-electron chi connectivity index (χ2n) is 4.43. The van der Waals surface area contributed by atoms with Gasteiger partial charge in [0.25, 0.3) is 0 Å². The molecule has 0 fully saturated rings. The van der Waals surface area contributed by atoms with Crippen LogP contribution in [0.1, 0.15) is 17.0 Å². The number of rotatable bonds is 2. The monoisotopic (exact) mass is 238 g/mol. The molecule has 90 valence electrons. The third-order valence-electron chi connectivity index (χ3n) is 3.31. The van der Waals surface area contributed by atoms with Crippen molar-refractivity contribution in [1.29, 1.82) is 0 Å². The van der Waals surface area contributed by atoms with Crippen LogP contribution in [0.5, 0.6) is 0 Å². The largest absolute Gasteiger partial charge is 0.752 e. The number of hydrogen-bond donors (Lipinski definition) is 0. The van der Waals surface area contributed by atoms with Crippen LogP contribution in [0.4, 0.5) is 5.69 Å². The molecule has 1 heterocycles. The number of hydrogen-bond acceptors (Lipinski definition) is 2. The molecule has 0 saturated carbocycles. The molecule has 3 heteroatoms. The lowest BCUT2D eigenvalue weighted by Crippen LogP contribution is -2.23. The van der Waals surface area contributed by atoms with Crippen LogP contribution >= 0.6 is 0 Å². The fourth-order valence-electron chi connectivity index (χ4n) is 2.41. The quantitative estimate of drug-likeness (QED) is 0.807. The first-order valence-corrected chi connectivity index (χ1v) is 5.91. The van der Waals surface area contributed by atoms with E-state index in [2.05, 4.69) is 0 Å². The first-order chi connectivity index (χ1) is 8.77. The lowest BCUT2D eigenvalue weighted by Gasteiger charge is -2.23. The van der Waals surface area contributed by atoms with Crippen LogP contribution in [0.3, 0.4) is 0 Å². The van der Waals surface area contributed by atoms with Crippen molar-refractivity contribution in [3.8, 4) is 0 Å². The van der Waals surface area contributed by atoms with E-state index in [0.29, 0.717) is 17.2 Å². The minimum absolute atomic E-state index is 0.346. The van der Waals surface area contributed by atoms with Crippen LogP contribution in [0.2, 0.25) is 0 Å². The molecular weight excluding hydrogens is 226 g/mol. The molecule has 3 nitrogen and oxygen atoms in total. The van der Waals surface area contributed by atoms with Gasteiger partial charge in [-0.1, -0.05) is 48.5 Å². The molecule has 0 N–H and O–H groups in total. The van der Waals surface area contributed by atoms with Gasteiger partial charge in [-0.05, 0) is 23.6 Å². The molecular formula is C15H12NO2-. The van der Waals surface area contributed by atoms with E-state index in [9.17, 15) is 10.0 Å². The highest BCUT2D eigenvalue weighted by molar-refractivity contribution is 6.05. The summed E-state index contributed by atoms with van der Waals surface area (Å²) < 4.78 is 0. The number of carbonyl (C=O) groups is 1. The van der Waals surface area contributed by atoms with Gasteiger partial charge >= 0.3 is 0 Å². The molecule has 2 aromatic carbocycles. The van der Waals surface area contributed by atoms with E-state index in [4.69, 9.17) is 0 Å². The number of carbonyl (C=O) groups excluding carboxylic acids is 1. The maximum absolute atomic E-state index is 12.0. The highest BCUT2D eigenvalue weighted by Gasteiger charge is 2.32. The van der Waals surface area contributed by atoms with Gasteiger partial charge in [0.1, 0.15) is 0 Å². The maximum atomic E-state index is 12.0. The molecule has 1 atom stereocenters. The number of nitrogens with zero attached hydrogens (tertiary/aromatic N) is 1. The Balaban J connectivity index is 1.96. The number of anilines is 1. The van der Waals surface area contributed by atoms with Gasteiger partial charge in [-0.2, -0.15) is 0 Å². The molecule has 18 heavy (non-hydrogen) atoms. The van der Waals surface area contributed by atoms with E-state index in [-0.39, 0.29) is 11.8 Å². The van der Waals surface area contributed by atoms with Gasteiger partial charge in [-0.3, -0.25) is 4.79 Å². The van der Waals surface area contributed by atoms with Crippen molar-refractivity contribution in [2.75, 3.05) is 5.06 Å². The van der Waals surface area contributed by atoms with E-state index in [1.165, 1.54) is 0 Å². The van der Waals surface area contributed by atoms with Gasteiger partial charge in [0.2, 0.25) is 5.91 Å². The zero-order valence-corrected chi connectivity index (χ0v) is 9.74. The zero-order chi connectivity index (χ0) is 12.5. The van der Waals surface area contributed by atoms with Crippen LogP contribution in [0.25, 0.3) is 0 Å². The summed E-state index contributed by atoms with van der Waals surface area (Å²) >= 11 is 0. The van der Waals surface area contributed by atoms with Gasteiger partial charge in [0.05, 0.1) is 5.92 Å². The zero-order valence-electron chi connectivity index (χ0n) is 9.74. The smallest absolute Gasteiger partial charge is 0.224 e. The molecule has 0 radical (unpaired) electrons. The van der Waals surface area contributed by atoms with Gasteiger partial charge in [0.15, 0.2) is 0 Å². The van der Waals surface area contributed by atoms with Crippen LogP contribution in [0.15, 0.2) is 54.6 Å². The van der Waals surface area contributed by atoms with Gasteiger partial charge in [0, 0.05) is 5.69 Å². The molecule has 1 aliphatic rings. The summed E-state index contributed by atoms with van der Waals surface area (Å²) in [5, 5.41) is 12.3. The molecule has 0 aliphatic carbocycles. The molecule has 0 saturated heterocycles. The Hall–Kier alpha value is -2.13. The molecule has 1 aliphatic heterocycles. The summed E-state index contributed by atoms with van der Waals surface area (Å²) in [6, 6.07) is 17.0. The topological polar surface area (TPSA) is 43.4 Å². The number of para-hydroxylation sites is 1. The summed E-state index contributed by atoms with van der Waals surface area (Å²) in [7, 11) is 0. The second kappa shape index (κ2) is 4.27. The standard InChI is InChI=1S/C15H12NO2/c17-15-13(10-11-6-2-1-3-7-11)12-8-4-5-9-14(12)16(15)18/h1-9,13H,10H2/q-1. The molecule has 0 aromatic heterocycles. The Bertz CT molecular complexity index is 580. The number of benzene rings is 2. The first-order valence-electron chi connectivity index (χ1n) is 5.91. The Morgan fingerprint density at radius 1 is 1.00 bits per heavy atom. The predicted octanol–water partition coefficient (Wildman–Crippen LogP) is 2.86. The summed E-state index contributed by atoms with van der Waals surface area (Å²) in [4.78, 5) is 12.0. The summed E-state index contributed by atoms with van der Waals surface area (Å²) in [6.45, 7) is 0. The molecule has 1 unspecified atom stereocenters. The van der Waals surface area contributed by atoms with E-state index in [1.54, 1.807) is 12.1 Å². The van der Waals surface area contributed by atoms with Gasteiger partial charge < -0.3 is 10.3 Å². The van der Waals surface area contributed by atoms with Crippen molar-refractivity contribution < 1.29 is 4.79 Å². The van der Waals surface area contributed by atoms with Crippen LogP contribution < -0.4 is 5.06 Å². The number of hydroxylamine groups is 1. The Kier molecular flexibility index (Phi) is 2.61. The summed E-state index contributed by atoms with van der Waals surface area (Å²) in [6.07, 6.45) is 0.579. The minimum Gasteiger partial charge on any atom is -0.752 e. The molecule has 1 amide bonds. The lowest BCUT2D eigenvalue weighted by molar-refractivity contribution is -0.118. The minimum atomic E-state index is -0.361. The average molecular weight is 238 g/mol. The third kappa shape index (κ3) is 1.69. The Labute approximate surface area is 105 Å². The fourth-order valence-corrected chi connectivity index (χ4v) is 2.41. The van der Waals surface area contributed by atoms with Crippen LogP contribution in [-0.2, 0) is 11.2 Å². The van der Waals surface area contributed by atoms with Gasteiger partial charge in [-0.15, -0.1) is 0 Å². The van der Waals surface area contributed by atoms with Crippen molar-refractivity contribution in [1.82, 2.24) is 0 Å². The highest BCUT2D eigenvalue weighted by Crippen LogP contribution is 2.38. The molecule has 0 spiro atoms.